The topological polar surface area (TPSA) is 87.5 Å². The number of likely N-dealkylation sites (tertiary alicyclic amines) is 1. The van der Waals surface area contributed by atoms with Crippen LogP contribution >= 0.6 is 0 Å². The lowest BCUT2D eigenvalue weighted by molar-refractivity contribution is -0.128. The zero-order valence-electron chi connectivity index (χ0n) is 13.2. The van der Waals surface area contributed by atoms with Crippen LogP contribution in [0, 0.1) is 11.8 Å². The maximum absolute atomic E-state index is 13.0. The molecule has 1 aliphatic rings. The molecule has 1 aliphatic heterocycles. The van der Waals surface area contributed by atoms with Crippen molar-refractivity contribution in [2.45, 2.75) is 32.6 Å². The molecule has 1 fully saturated rings. The fourth-order valence-electron chi connectivity index (χ4n) is 2.21. The van der Waals surface area contributed by atoms with E-state index < -0.39 is 30.8 Å². The molecule has 0 aromatic heterocycles. The molecule has 1 rings (SSSR count). The lowest BCUT2D eigenvalue weighted by Crippen LogP contribution is -2.51. The quantitative estimate of drug-likeness (QED) is 0.676. The number of alkyl halides is 2. The second-order valence-electron chi connectivity index (χ2n) is 6.14. The summed E-state index contributed by atoms with van der Waals surface area (Å²) in [6, 6.07) is -0.210. The van der Waals surface area contributed by atoms with Gasteiger partial charge in [0.2, 0.25) is 5.91 Å². The number of nitrogens with zero attached hydrogens (tertiary/aromatic N) is 1. The number of nitrogens with one attached hydrogen (secondary N) is 2. The molecule has 22 heavy (non-hydrogen) atoms. The first-order valence-corrected chi connectivity index (χ1v) is 7.63. The van der Waals surface area contributed by atoms with Crippen LogP contribution in [0.3, 0.4) is 0 Å². The van der Waals surface area contributed by atoms with Gasteiger partial charge in [-0.25, -0.2) is 13.6 Å². The Kier molecular flexibility index (Phi) is 6.99. The molecule has 4 N–H and O–H groups in total. The zero-order valence-corrected chi connectivity index (χ0v) is 13.2. The summed E-state index contributed by atoms with van der Waals surface area (Å²) in [5.74, 6) is -3.66. The van der Waals surface area contributed by atoms with Crippen LogP contribution in [0.2, 0.25) is 0 Å². The summed E-state index contributed by atoms with van der Waals surface area (Å²) in [5.41, 5.74) is 4.93. The van der Waals surface area contributed by atoms with Crippen molar-refractivity contribution in [3.63, 3.8) is 0 Å². The number of urea groups is 1. The molecule has 8 heteroatoms. The van der Waals surface area contributed by atoms with Gasteiger partial charge in [0.15, 0.2) is 0 Å². The molecular formula is C14H26F2N4O2. The predicted molar refractivity (Wildman–Crippen MR) is 79.5 cm³/mol. The molecule has 0 radical (unpaired) electrons. The van der Waals surface area contributed by atoms with E-state index in [-0.39, 0.29) is 12.6 Å². The highest BCUT2D eigenvalue weighted by atomic mass is 19.3. The van der Waals surface area contributed by atoms with Crippen molar-refractivity contribution in [1.29, 1.82) is 0 Å². The van der Waals surface area contributed by atoms with Gasteiger partial charge in [-0.05, 0) is 18.8 Å². The largest absolute Gasteiger partial charge is 0.350 e. The second kappa shape index (κ2) is 8.26. The van der Waals surface area contributed by atoms with Crippen molar-refractivity contribution in [2.24, 2.45) is 17.6 Å². The van der Waals surface area contributed by atoms with Crippen molar-refractivity contribution in [2.75, 3.05) is 32.7 Å². The first-order chi connectivity index (χ1) is 10.2. The zero-order chi connectivity index (χ0) is 16.8. The smallest absolute Gasteiger partial charge is 0.317 e. The Balaban J connectivity index is 2.45. The van der Waals surface area contributed by atoms with E-state index in [1.54, 1.807) is 4.90 Å². The highest BCUT2D eigenvalue weighted by molar-refractivity contribution is 5.80. The maximum atomic E-state index is 13.0. The van der Waals surface area contributed by atoms with Gasteiger partial charge in [-0.3, -0.25) is 4.79 Å². The van der Waals surface area contributed by atoms with Gasteiger partial charge in [-0.15, -0.1) is 0 Å². The van der Waals surface area contributed by atoms with Gasteiger partial charge in [0.05, 0.1) is 19.0 Å². The van der Waals surface area contributed by atoms with Crippen LogP contribution in [-0.2, 0) is 4.79 Å². The Hall–Kier alpha value is -1.44. The molecule has 0 aromatic rings. The van der Waals surface area contributed by atoms with Gasteiger partial charge < -0.3 is 21.3 Å². The standard InChI is InChI=1S/C14H26F2N4O2/c1-10(2)6-18-13(22)20-5-3-4-11(7-20)12(21)19-9-14(15,16)8-17/h10-11H,3-9,17H2,1-2H3,(H,18,22)(H,19,21). The Morgan fingerprint density at radius 1 is 1.36 bits per heavy atom. The molecule has 1 saturated heterocycles. The van der Waals surface area contributed by atoms with Crippen molar-refractivity contribution in [1.82, 2.24) is 15.5 Å². The Labute approximate surface area is 129 Å². The minimum absolute atomic E-state index is 0.210. The number of piperidine rings is 1. The van der Waals surface area contributed by atoms with E-state index in [4.69, 9.17) is 5.73 Å². The molecule has 0 aliphatic carbocycles. The van der Waals surface area contributed by atoms with E-state index in [0.29, 0.717) is 31.8 Å². The second-order valence-corrected chi connectivity index (χ2v) is 6.14. The summed E-state index contributed by atoms with van der Waals surface area (Å²) in [6.45, 7) is 3.81. The summed E-state index contributed by atoms with van der Waals surface area (Å²) in [6.07, 6.45) is 1.27. The molecule has 3 amide bonds. The molecule has 128 valence electrons. The molecule has 0 spiro atoms. The Morgan fingerprint density at radius 2 is 2.05 bits per heavy atom. The van der Waals surface area contributed by atoms with Crippen LogP contribution in [0.1, 0.15) is 26.7 Å². The van der Waals surface area contributed by atoms with Crippen molar-refractivity contribution < 1.29 is 18.4 Å². The number of halogens is 2. The molecule has 0 bridgehead atoms. The van der Waals surface area contributed by atoms with E-state index in [0.717, 1.165) is 0 Å². The van der Waals surface area contributed by atoms with Crippen molar-refractivity contribution >= 4 is 11.9 Å². The van der Waals surface area contributed by atoms with E-state index >= 15 is 0 Å². The van der Waals surface area contributed by atoms with Crippen LogP contribution in [0.15, 0.2) is 0 Å². The number of amides is 3. The van der Waals surface area contributed by atoms with Gasteiger partial charge in [0.25, 0.3) is 5.92 Å². The van der Waals surface area contributed by atoms with E-state index in [1.807, 2.05) is 13.8 Å². The molecule has 6 nitrogen and oxygen atoms in total. The fraction of sp³-hybridized carbons (Fsp3) is 0.857. The molecule has 0 saturated carbocycles. The molecule has 1 heterocycles. The number of hydrogen-bond donors (Lipinski definition) is 3. The minimum atomic E-state index is -3.10. The summed E-state index contributed by atoms with van der Waals surface area (Å²) >= 11 is 0. The minimum Gasteiger partial charge on any atom is -0.350 e. The van der Waals surface area contributed by atoms with Crippen LogP contribution in [-0.4, -0.2) is 55.5 Å². The highest BCUT2D eigenvalue weighted by Gasteiger charge is 2.32. The summed E-state index contributed by atoms with van der Waals surface area (Å²) < 4.78 is 26.1. The SMILES string of the molecule is CC(C)CNC(=O)N1CCCC(C(=O)NCC(F)(F)CN)C1. The van der Waals surface area contributed by atoms with E-state index in [2.05, 4.69) is 10.6 Å². The average molecular weight is 320 g/mol. The lowest BCUT2D eigenvalue weighted by atomic mass is 9.97. The van der Waals surface area contributed by atoms with Gasteiger partial charge in [0.1, 0.15) is 0 Å². The third-order valence-corrected chi connectivity index (χ3v) is 3.56. The fourth-order valence-corrected chi connectivity index (χ4v) is 2.21. The number of carbonyl (C=O) groups excluding carboxylic acids is 2. The molecular weight excluding hydrogens is 294 g/mol. The summed E-state index contributed by atoms with van der Waals surface area (Å²) in [5, 5.41) is 5.02. The van der Waals surface area contributed by atoms with Crippen molar-refractivity contribution in [3.8, 4) is 0 Å². The van der Waals surface area contributed by atoms with Crippen LogP contribution in [0.5, 0.6) is 0 Å². The van der Waals surface area contributed by atoms with Gasteiger partial charge >= 0.3 is 6.03 Å². The first-order valence-electron chi connectivity index (χ1n) is 7.63. The monoisotopic (exact) mass is 320 g/mol. The third-order valence-electron chi connectivity index (χ3n) is 3.56. The predicted octanol–water partition coefficient (Wildman–Crippen LogP) is 0.774. The summed E-state index contributed by atoms with van der Waals surface area (Å²) in [4.78, 5) is 25.5. The lowest BCUT2D eigenvalue weighted by Gasteiger charge is -2.32. The Morgan fingerprint density at radius 3 is 2.64 bits per heavy atom. The average Bonchev–Trinajstić information content (AvgIpc) is 2.50. The van der Waals surface area contributed by atoms with Gasteiger partial charge in [0, 0.05) is 19.6 Å². The number of rotatable bonds is 6. The Bertz CT molecular complexity index is 391. The summed E-state index contributed by atoms with van der Waals surface area (Å²) in [7, 11) is 0. The molecule has 1 unspecified atom stereocenters. The molecule has 0 aromatic carbocycles. The van der Waals surface area contributed by atoms with E-state index in [1.165, 1.54) is 0 Å². The van der Waals surface area contributed by atoms with Crippen LogP contribution < -0.4 is 16.4 Å². The molecule has 1 atom stereocenters. The number of hydrogen-bond acceptors (Lipinski definition) is 3. The van der Waals surface area contributed by atoms with Crippen LogP contribution in [0.25, 0.3) is 0 Å². The number of nitrogens with two attached hydrogens (primary N) is 1. The maximum Gasteiger partial charge on any atom is 0.317 e. The van der Waals surface area contributed by atoms with Crippen molar-refractivity contribution in [3.05, 3.63) is 0 Å². The number of carbonyl (C=O) groups is 2. The first kappa shape index (κ1) is 18.6. The third kappa shape index (κ3) is 6.13. The highest BCUT2D eigenvalue weighted by Crippen LogP contribution is 2.17. The van der Waals surface area contributed by atoms with Gasteiger partial charge in [-0.2, -0.15) is 0 Å². The normalized spacial score (nSPS) is 19.2. The van der Waals surface area contributed by atoms with Crippen LogP contribution in [0.4, 0.5) is 13.6 Å². The van der Waals surface area contributed by atoms with E-state index in [9.17, 15) is 18.4 Å². The van der Waals surface area contributed by atoms with Gasteiger partial charge in [-0.1, -0.05) is 13.8 Å².